The van der Waals surface area contributed by atoms with Gasteiger partial charge in [0.05, 0.1) is 11.8 Å². The van der Waals surface area contributed by atoms with Crippen molar-refractivity contribution >= 4 is 29.4 Å². The van der Waals surface area contributed by atoms with E-state index < -0.39 is 29.6 Å². The van der Waals surface area contributed by atoms with Gasteiger partial charge in [0.25, 0.3) is 11.8 Å². The minimum Gasteiger partial charge on any atom is -0.481 e. The number of aliphatic carboxylic acids is 1. The maximum absolute atomic E-state index is 12.4. The number of hydrazine groups is 1. The second kappa shape index (κ2) is 9.88. The highest BCUT2D eigenvalue weighted by Crippen LogP contribution is 2.30. The zero-order valence-corrected chi connectivity index (χ0v) is 17.2. The number of carboxylic acids is 1. The molecule has 0 heterocycles. The van der Waals surface area contributed by atoms with Gasteiger partial charge in [-0.25, -0.2) is 0 Å². The lowest BCUT2D eigenvalue weighted by Gasteiger charge is -2.27. The van der Waals surface area contributed by atoms with Crippen molar-refractivity contribution in [2.75, 3.05) is 5.32 Å². The van der Waals surface area contributed by atoms with E-state index in [0.29, 0.717) is 24.1 Å². The monoisotopic (exact) mass is 423 g/mol. The van der Waals surface area contributed by atoms with Crippen LogP contribution < -0.4 is 16.2 Å². The highest BCUT2D eigenvalue weighted by atomic mass is 16.4. The minimum absolute atomic E-state index is 0.247. The van der Waals surface area contributed by atoms with Gasteiger partial charge in [0, 0.05) is 16.8 Å². The van der Waals surface area contributed by atoms with Crippen LogP contribution in [-0.4, -0.2) is 28.8 Å². The summed E-state index contributed by atoms with van der Waals surface area (Å²) in [7, 11) is 0. The molecule has 0 radical (unpaired) electrons. The number of nitrogens with one attached hydrogen (secondary N) is 3. The van der Waals surface area contributed by atoms with Crippen molar-refractivity contribution in [1.29, 1.82) is 0 Å². The minimum atomic E-state index is -0.991. The normalized spacial score (nSPS) is 18.0. The third kappa shape index (κ3) is 5.48. The topological polar surface area (TPSA) is 125 Å². The van der Waals surface area contributed by atoms with Crippen LogP contribution in [0.5, 0.6) is 0 Å². The maximum atomic E-state index is 12.4. The number of carbonyl (C=O) groups is 4. The summed E-state index contributed by atoms with van der Waals surface area (Å²) in [6.45, 7) is 1.85. The molecule has 1 unspecified atom stereocenters. The number of anilines is 1. The van der Waals surface area contributed by atoms with Gasteiger partial charge in [-0.05, 0) is 55.7 Å². The Labute approximate surface area is 180 Å². The largest absolute Gasteiger partial charge is 0.481 e. The van der Waals surface area contributed by atoms with Crippen LogP contribution in [0.2, 0.25) is 0 Å². The number of carboxylic acid groups (broad SMARTS) is 1. The van der Waals surface area contributed by atoms with Gasteiger partial charge in [0.2, 0.25) is 5.91 Å². The molecule has 3 rings (SSSR count). The first-order valence-corrected chi connectivity index (χ1v) is 10.2. The van der Waals surface area contributed by atoms with E-state index >= 15 is 0 Å². The molecule has 4 N–H and O–H groups in total. The smallest absolute Gasteiger partial charge is 0.307 e. The molecule has 0 spiro atoms. The van der Waals surface area contributed by atoms with Crippen molar-refractivity contribution in [1.82, 2.24) is 10.9 Å². The lowest BCUT2D eigenvalue weighted by Crippen LogP contribution is -2.47. The van der Waals surface area contributed by atoms with Gasteiger partial charge in [0.1, 0.15) is 0 Å². The van der Waals surface area contributed by atoms with E-state index in [0.717, 1.165) is 18.4 Å². The van der Waals surface area contributed by atoms with Gasteiger partial charge in [-0.15, -0.1) is 0 Å². The van der Waals surface area contributed by atoms with Crippen LogP contribution in [0, 0.1) is 18.8 Å². The molecule has 1 aliphatic rings. The van der Waals surface area contributed by atoms with Gasteiger partial charge in [0.15, 0.2) is 0 Å². The number of hydrogen-bond acceptors (Lipinski definition) is 4. The van der Waals surface area contributed by atoms with Crippen LogP contribution in [-0.2, 0) is 9.59 Å². The molecule has 2 atom stereocenters. The van der Waals surface area contributed by atoms with Gasteiger partial charge >= 0.3 is 5.97 Å². The van der Waals surface area contributed by atoms with Crippen molar-refractivity contribution in [2.24, 2.45) is 11.8 Å². The Morgan fingerprint density at radius 2 is 1.48 bits per heavy atom. The van der Waals surface area contributed by atoms with E-state index in [1.807, 2.05) is 19.1 Å². The maximum Gasteiger partial charge on any atom is 0.307 e. The molecule has 2 aromatic rings. The molecule has 1 saturated carbocycles. The number of amides is 3. The summed E-state index contributed by atoms with van der Waals surface area (Å²) in [6, 6.07) is 13.5. The van der Waals surface area contributed by atoms with Gasteiger partial charge in [-0.3, -0.25) is 30.0 Å². The summed E-state index contributed by atoms with van der Waals surface area (Å²) in [5.74, 6) is -3.67. The quantitative estimate of drug-likeness (QED) is 0.551. The number of hydrogen-bond donors (Lipinski definition) is 4. The molecule has 2 aromatic carbocycles. The molecule has 0 aromatic heterocycles. The second-order valence-corrected chi connectivity index (χ2v) is 7.63. The molecular weight excluding hydrogens is 398 g/mol. The van der Waals surface area contributed by atoms with E-state index in [2.05, 4.69) is 16.2 Å². The summed E-state index contributed by atoms with van der Waals surface area (Å²) in [5.41, 5.74) is 6.90. The number of benzene rings is 2. The van der Waals surface area contributed by atoms with Crippen molar-refractivity contribution in [3.63, 3.8) is 0 Å². The Bertz CT molecular complexity index is 987. The highest BCUT2D eigenvalue weighted by Gasteiger charge is 2.35. The fraction of sp³-hybridized carbons (Fsp3) is 0.304. The first kappa shape index (κ1) is 22.0. The molecular formula is C23H25N3O5. The molecule has 1 fully saturated rings. The predicted molar refractivity (Wildman–Crippen MR) is 114 cm³/mol. The molecule has 0 bridgehead atoms. The van der Waals surface area contributed by atoms with Crippen LogP contribution in [0.25, 0.3) is 0 Å². The molecule has 0 aliphatic heterocycles. The zero-order valence-electron chi connectivity index (χ0n) is 17.2. The Morgan fingerprint density at radius 3 is 2.13 bits per heavy atom. The second-order valence-electron chi connectivity index (χ2n) is 7.63. The lowest BCUT2D eigenvalue weighted by molar-refractivity contribution is -0.149. The molecule has 31 heavy (non-hydrogen) atoms. The highest BCUT2D eigenvalue weighted by molar-refractivity contribution is 6.05. The van der Waals surface area contributed by atoms with E-state index in [-0.39, 0.29) is 11.5 Å². The SMILES string of the molecule is Cc1ccccc1C(=O)Nc1ccc(C(=O)NNC(=O)C2CCCC[C@@H]2C(=O)O)cc1. The summed E-state index contributed by atoms with van der Waals surface area (Å²) in [4.78, 5) is 48.4. The summed E-state index contributed by atoms with van der Waals surface area (Å²) in [5, 5.41) is 12.1. The van der Waals surface area contributed by atoms with E-state index in [9.17, 15) is 24.3 Å². The summed E-state index contributed by atoms with van der Waals surface area (Å²) < 4.78 is 0. The molecule has 1 aliphatic carbocycles. The first-order valence-electron chi connectivity index (χ1n) is 10.2. The fourth-order valence-corrected chi connectivity index (χ4v) is 3.75. The molecule has 3 amide bonds. The van der Waals surface area contributed by atoms with Crippen LogP contribution in [0.15, 0.2) is 48.5 Å². The Morgan fingerprint density at radius 1 is 0.839 bits per heavy atom. The Balaban J connectivity index is 1.55. The van der Waals surface area contributed by atoms with Crippen molar-refractivity contribution in [2.45, 2.75) is 32.6 Å². The molecule has 162 valence electrons. The zero-order chi connectivity index (χ0) is 22.4. The third-order valence-electron chi connectivity index (χ3n) is 5.51. The van der Waals surface area contributed by atoms with Crippen LogP contribution in [0.1, 0.15) is 52.0 Å². The van der Waals surface area contributed by atoms with Crippen LogP contribution in [0.3, 0.4) is 0 Å². The van der Waals surface area contributed by atoms with Crippen molar-refractivity contribution in [3.05, 3.63) is 65.2 Å². The Kier molecular flexibility index (Phi) is 7.02. The third-order valence-corrected chi connectivity index (χ3v) is 5.51. The van der Waals surface area contributed by atoms with E-state index in [1.54, 1.807) is 24.3 Å². The average molecular weight is 423 g/mol. The Hall–Kier alpha value is -3.68. The van der Waals surface area contributed by atoms with E-state index in [1.165, 1.54) is 12.1 Å². The molecule has 8 heteroatoms. The van der Waals surface area contributed by atoms with Gasteiger partial charge in [-0.1, -0.05) is 31.0 Å². The van der Waals surface area contributed by atoms with E-state index in [4.69, 9.17) is 0 Å². The summed E-state index contributed by atoms with van der Waals surface area (Å²) >= 11 is 0. The van der Waals surface area contributed by atoms with Crippen LogP contribution in [0.4, 0.5) is 5.69 Å². The standard InChI is InChI=1S/C23H25N3O5/c1-14-6-2-3-7-17(14)21(28)24-16-12-10-15(11-13-16)20(27)25-26-22(29)18-8-4-5-9-19(18)23(30)31/h2-3,6-7,10-13,18-19H,4-5,8-9H2,1H3,(H,24,28)(H,25,27)(H,26,29)(H,30,31)/t18?,19-/m0/s1. The average Bonchev–Trinajstić information content (AvgIpc) is 2.78. The number of aryl methyl sites for hydroxylation is 1. The van der Waals surface area contributed by atoms with Crippen LogP contribution >= 0.6 is 0 Å². The van der Waals surface area contributed by atoms with Crippen molar-refractivity contribution < 1.29 is 24.3 Å². The first-order chi connectivity index (χ1) is 14.9. The lowest BCUT2D eigenvalue weighted by atomic mass is 9.79. The predicted octanol–water partition coefficient (Wildman–Crippen LogP) is 2.90. The van der Waals surface area contributed by atoms with Gasteiger partial charge < -0.3 is 10.4 Å². The molecule has 0 saturated heterocycles. The fourth-order valence-electron chi connectivity index (χ4n) is 3.75. The molecule has 8 nitrogen and oxygen atoms in total. The summed E-state index contributed by atoms with van der Waals surface area (Å²) in [6.07, 6.45) is 2.50. The van der Waals surface area contributed by atoms with Gasteiger partial charge in [-0.2, -0.15) is 0 Å². The number of rotatable bonds is 5. The van der Waals surface area contributed by atoms with Crippen molar-refractivity contribution in [3.8, 4) is 0 Å². The number of carbonyl (C=O) groups excluding carboxylic acids is 3.